The summed E-state index contributed by atoms with van der Waals surface area (Å²) in [5.74, 6) is 0. The number of fused-ring (bicyclic) bond motifs is 13. The molecular formula is C24H11N3O3. The molecule has 0 fully saturated rings. The molecule has 0 spiro atoms. The number of nitrogens with zero attached hydrogens (tertiary/aromatic N) is 2. The number of rotatable bonds is 0. The van der Waals surface area contributed by atoms with Crippen molar-refractivity contribution in [3.05, 3.63) is 81.4 Å². The van der Waals surface area contributed by atoms with Gasteiger partial charge < -0.3 is 4.42 Å². The van der Waals surface area contributed by atoms with Crippen molar-refractivity contribution < 1.29 is 4.42 Å². The van der Waals surface area contributed by atoms with E-state index in [1.807, 2.05) is 60.7 Å². The third-order valence-corrected chi connectivity index (χ3v) is 6.42. The van der Waals surface area contributed by atoms with Crippen LogP contribution in [0.3, 0.4) is 0 Å². The van der Waals surface area contributed by atoms with E-state index < -0.39 is 0 Å². The van der Waals surface area contributed by atoms with Crippen LogP contribution in [0.5, 0.6) is 0 Å². The van der Waals surface area contributed by atoms with Crippen LogP contribution in [0.15, 0.2) is 74.7 Å². The number of H-pyrrole nitrogens is 1. The minimum absolute atomic E-state index is 0.347. The maximum absolute atomic E-state index is 13.0. The van der Waals surface area contributed by atoms with E-state index in [-0.39, 0.29) is 11.1 Å². The highest BCUT2D eigenvalue weighted by Gasteiger charge is 2.27. The van der Waals surface area contributed by atoms with E-state index in [0.717, 1.165) is 43.6 Å². The summed E-state index contributed by atoms with van der Waals surface area (Å²) in [6.07, 6.45) is 0. The number of benzene rings is 3. The summed E-state index contributed by atoms with van der Waals surface area (Å²) in [5.41, 5.74) is 4.34. The molecule has 0 aliphatic heterocycles. The summed E-state index contributed by atoms with van der Waals surface area (Å²) < 4.78 is 10.4. The third-order valence-electron chi connectivity index (χ3n) is 6.42. The Balaban J connectivity index is 2.02. The molecule has 30 heavy (non-hydrogen) atoms. The smallest absolute Gasteiger partial charge is 0.259 e. The number of nitrogens with one attached hydrogen (secondary N) is 1. The number of para-hydroxylation sites is 2. The molecule has 0 radical (unpaired) electrons. The van der Waals surface area contributed by atoms with Crippen molar-refractivity contribution >= 4 is 65.8 Å². The Bertz CT molecular complexity index is 1960. The minimum atomic E-state index is -0.347. The van der Waals surface area contributed by atoms with Gasteiger partial charge in [0.05, 0.1) is 32.8 Å². The zero-order chi connectivity index (χ0) is 19.7. The number of hydrogen-bond acceptors (Lipinski definition) is 3. The molecule has 0 saturated heterocycles. The number of aromatic amines is 1. The molecule has 3 aromatic carbocycles. The van der Waals surface area contributed by atoms with Crippen LogP contribution in [-0.4, -0.2) is 13.8 Å². The Morgan fingerprint density at radius 3 is 1.57 bits per heavy atom. The number of furan rings is 1. The summed E-state index contributed by atoms with van der Waals surface area (Å²) in [4.78, 5) is 28.5. The van der Waals surface area contributed by atoms with Crippen molar-refractivity contribution in [2.45, 2.75) is 0 Å². The van der Waals surface area contributed by atoms with E-state index in [9.17, 15) is 9.59 Å². The second-order valence-electron chi connectivity index (χ2n) is 7.80. The molecule has 0 aliphatic rings. The Hall–Kier alpha value is -4.32. The van der Waals surface area contributed by atoms with Gasteiger partial charge in [0.15, 0.2) is 0 Å². The highest BCUT2D eigenvalue weighted by molar-refractivity contribution is 6.36. The highest BCUT2D eigenvalue weighted by atomic mass is 16.4. The molecule has 0 amide bonds. The van der Waals surface area contributed by atoms with E-state index in [1.54, 1.807) is 0 Å². The largest absolute Gasteiger partial charge is 0.424 e. The molecule has 6 nitrogen and oxygen atoms in total. The number of hydrogen-bond donors (Lipinski definition) is 1. The lowest BCUT2D eigenvalue weighted by Gasteiger charge is -2.01. The molecule has 0 atom stereocenters. The summed E-state index contributed by atoms with van der Waals surface area (Å²) in [6.45, 7) is 0. The van der Waals surface area contributed by atoms with Gasteiger partial charge in [-0.3, -0.25) is 23.4 Å². The third kappa shape index (κ3) is 1.36. The van der Waals surface area contributed by atoms with Crippen LogP contribution >= 0.6 is 0 Å². The second-order valence-corrected chi connectivity index (χ2v) is 7.80. The topological polar surface area (TPSA) is 71.9 Å². The van der Waals surface area contributed by atoms with E-state index >= 15 is 0 Å². The normalized spacial score (nSPS) is 12.9. The maximum atomic E-state index is 13.0. The van der Waals surface area contributed by atoms with Gasteiger partial charge in [0.2, 0.25) is 11.4 Å². The van der Waals surface area contributed by atoms with Crippen LogP contribution in [0, 0.1) is 0 Å². The Morgan fingerprint density at radius 1 is 0.600 bits per heavy atom. The zero-order valence-electron chi connectivity index (χ0n) is 15.4. The molecular weight excluding hydrogens is 378 g/mol. The molecule has 1 N–H and O–H groups in total. The van der Waals surface area contributed by atoms with Crippen molar-refractivity contribution in [2.24, 2.45) is 0 Å². The first-order valence-corrected chi connectivity index (χ1v) is 9.72. The first kappa shape index (κ1) is 14.6. The Kier molecular flexibility index (Phi) is 2.18. The van der Waals surface area contributed by atoms with E-state index in [1.165, 1.54) is 0 Å². The second kappa shape index (κ2) is 4.46. The van der Waals surface area contributed by atoms with Crippen LogP contribution < -0.4 is 11.1 Å². The fraction of sp³-hybridized carbons (Fsp3) is 0. The monoisotopic (exact) mass is 389 g/mol. The average Bonchev–Trinajstić information content (AvgIpc) is 3.46. The van der Waals surface area contributed by atoms with Crippen molar-refractivity contribution in [3.63, 3.8) is 0 Å². The molecule has 6 heteroatoms. The van der Waals surface area contributed by atoms with Gasteiger partial charge in [0.25, 0.3) is 11.1 Å². The SMILES string of the molecule is O=c1[nH]c(=O)c2c1c1c3ccccc3n3c4ccc(o4)n4c5ccccc5c2c4c13. The van der Waals surface area contributed by atoms with Crippen molar-refractivity contribution in [2.75, 3.05) is 0 Å². The van der Waals surface area contributed by atoms with Gasteiger partial charge in [-0.25, -0.2) is 0 Å². The fourth-order valence-electron chi connectivity index (χ4n) is 5.38. The van der Waals surface area contributed by atoms with Crippen molar-refractivity contribution in [1.82, 2.24) is 13.8 Å². The summed E-state index contributed by atoms with van der Waals surface area (Å²) in [7, 11) is 0. The molecule has 8 rings (SSSR count). The summed E-state index contributed by atoms with van der Waals surface area (Å²) >= 11 is 0. The van der Waals surface area contributed by atoms with Gasteiger partial charge in [-0.15, -0.1) is 0 Å². The van der Waals surface area contributed by atoms with E-state index in [4.69, 9.17) is 4.42 Å². The van der Waals surface area contributed by atoms with Gasteiger partial charge in [-0.05, 0) is 12.1 Å². The summed E-state index contributed by atoms with van der Waals surface area (Å²) in [6, 6.07) is 19.8. The molecule has 8 aromatic rings. The molecule has 5 heterocycles. The van der Waals surface area contributed by atoms with Gasteiger partial charge >= 0.3 is 0 Å². The van der Waals surface area contributed by atoms with Gasteiger partial charge in [-0.2, -0.15) is 0 Å². The standard InChI is InChI=1S/C24H11N3O3/c28-23-19-17-11-5-1-3-7-13(11)26-15-9-10-16(30-15)27-14-8-4-2-6-12(14)18(22(27)21(17)26)20(19)24(29)25-23/h1-10H,(H,25,28,29). The lowest BCUT2D eigenvalue weighted by atomic mass is 10.0. The fourth-order valence-corrected chi connectivity index (χ4v) is 5.38. The van der Waals surface area contributed by atoms with E-state index in [0.29, 0.717) is 22.2 Å². The molecule has 140 valence electrons. The first-order chi connectivity index (χ1) is 14.7. The molecule has 5 aromatic heterocycles. The molecule has 0 saturated carbocycles. The predicted octanol–water partition coefficient (Wildman–Crippen LogP) is 4.48. The van der Waals surface area contributed by atoms with Crippen molar-refractivity contribution in [1.29, 1.82) is 0 Å². The van der Waals surface area contributed by atoms with Crippen LogP contribution in [0.2, 0.25) is 0 Å². The van der Waals surface area contributed by atoms with Crippen LogP contribution in [0.4, 0.5) is 0 Å². The van der Waals surface area contributed by atoms with Gasteiger partial charge in [0.1, 0.15) is 0 Å². The number of aromatic nitrogens is 3. The Morgan fingerprint density at radius 2 is 1.07 bits per heavy atom. The van der Waals surface area contributed by atoms with Gasteiger partial charge in [-0.1, -0.05) is 36.4 Å². The molecule has 2 bridgehead atoms. The van der Waals surface area contributed by atoms with Gasteiger partial charge in [0, 0.05) is 33.7 Å². The first-order valence-electron chi connectivity index (χ1n) is 9.72. The van der Waals surface area contributed by atoms with E-state index in [2.05, 4.69) is 13.8 Å². The highest BCUT2D eigenvalue weighted by Crippen LogP contribution is 2.44. The average molecular weight is 389 g/mol. The molecule has 0 unspecified atom stereocenters. The quantitative estimate of drug-likeness (QED) is 0.416. The van der Waals surface area contributed by atoms with Crippen molar-refractivity contribution in [3.8, 4) is 0 Å². The Labute approximate surface area is 165 Å². The molecule has 0 aliphatic carbocycles. The van der Waals surface area contributed by atoms with Crippen LogP contribution in [-0.2, 0) is 0 Å². The summed E-state index contributed by atoms with van der Waals surface area (Å²) in [5, 5.41) is 4.33. The van der Waals surface area contributed by atoms with Crippen LogP contribution in [0.1, 0.15) is 0 Å². The zero-order valence-corrected chi connectivity index (χ0v) is 15.4. The van der Waals surface area contributed by atoms with Crippen LogP contribution in [0.25, 0.3) is 65.8 Å². The minimum Gasteiger partial charge on any atom is -0.424 e. The maximum Gasteiger partial charge on any atom is 0.259 e. The lowest BCUT2D eigenvalue weighted by molar-refractivity contribution is 0.633. The predicted molar refractivity (Wildman–Crippen MR) is 117 cm³/mol. The lowest BCUT2D eigenvalue weighted by Crippen LogP contribution is -2.05.